The number of ether oxygens (including phenoxy) is 1. The Morgan fingerprint density at radius 3 is 2.32 bits per heavy atom. The van der Waals surface area contributed by atoms with Crippen LogP contribution in [0.3, 0.4) is 0 Å². The quantitative estimate of drug-likeness (QED) is 0.177. The average Bonchev–Trinajstić information content (AvgIpc) is 3.38. The number of thioether (sulfide) groups is 2. The van der Waals surface area contributed by atoms with Gasteiger partial charge in [-0.2, -0.15) is 0 Å². The number of carbonyl (C=O) groups excluding carboxylic acids is 3. The predicted molar refractivity (Wildman–Crippen MR) is 187 cm³/mol. The number of aliphatic hydroxyl groups is 3. The van der Waals surface area contributed by atoms with Crippen molar-refractivity contribution in [2.75, 3.05) is 11.5 Å². The van der Waals surface area contributed by atoms with Crippen molar-refractivity contribution in [1.82, 2.24) is 5.32 Å². The molecule has 0 aromatic rings. The number of carbonyl (C=O) groups is 3. The fourth-order valence-corrected chi connectivity index (χ4v) is 12.2. The van der Waals surface area contributed by atoms with Gasteiger partial charge in [-0.25, -0.2) is 0 Å². The Morgan fingerprint density at radius 1 is 1.00 bits per heavy atom. The second-order valence-corrected chi connectivity index (χ2v) is 18.5. The molecule has 5 saturated carbocycles. The summed E-state index contributed by atoms with van der Waals surface area (Å²) in [5.74, 6) is -0.0541. The first kappa shape index (κ1) is 37.2. The van der Waals surface area contributed by atoms with E-state index in [0.29, 0.717) is 38.5 Å². The van der Waals surface area contributed by atoms with Crippen LogP contribution >= 0.6 is 23.5 Å². The molecule has 5 aliphatic rings. The highest BCUT2D eigenvalue weighted by Gasteiger charge is 2.68. The lowest BCUT2D eigenvalue weighted by Gasteiger charge is -2.61. The number of aliphatic hydroxyl groups excluding tert-OH is 3. The average molecular weight is 695 g/mol. The van der Waals surface area contributed by atoms with Gasteiger partial charge in [-0.1, -0.05) is 33.8 Å². The maximum atomic E-state index is 13.6. The van der Waals surface area contributed by atoms with Crippen LogP contribution < -0.4 is 11.1 Å². The van der Waals surface area contributed by atoms with Crippen LogP contribution in [0.2, 0.25) is 0 Å². The minimum absolute atomic E-state index is 0.0183. The summed E-state index contributed by atoms with van der Waals surface area (Å²) in [7, 11) is 0. The maximum absolute atomic E-state index is 13.6. The van der Waals surface area contributed by atoms with Crippen molar-refractivity contribution < 1.29 is 34.4 Å². The van der Waals surface area contributed by atoms with Gasteiger partial charge in [0.1, 0.15) is 11.9 Å². The second-order valence-electron chi connectivity index (χ2n) is 16.0. The molecular weight excluding hydrogens is 637 g/mol. The molecule has 0 heterocycles. The molecule has 0 aromatic carbocycles. The number of hydrogen-bond donors (Lipinski definition) is 5. The van der Waals surface area contributed by atoms with Crippen LogP contribution in [0.4, 0.5) is 0 Å². The zero-order valence-corrected chi connectivity index (χ0v) is 30.3. The van der Waals surface area contributed by atoms with Gasteiger partial charge in [-0.15, -0.1) is 30.1 Å². The Hall–Kier alpha value is -1.11. The molecule has 0 aromatic heterocycles. The second kappa shape index (κ2) is 14.6. The summed E-state index contributed by atoms with van der Waals surface area (Å²) in [4.78, 5) is 39.8. The number of amides is 1. The monoisotopic (exact) mass is 694 g/mol. The van der Waals surface area contributed by atoms with Gasteiger partial charge in [0.05, 0.1) is 29.8 Å². The van der Waals surface area contributed by atoms with Crippen LogP contribution in [0.15, 0.2) is 12.7 Å². The molecule has 5 aliphatic carbocycles. The van der Waals surface area contributed by atoms with Gasteiger partial charge in [0.25, 0.3) is 0 Å². The van der Waals surface area contributed by atoms with E-state index in [-0.39, 0.29) is 74.9 Å². The molecule has 11 heteroatoms. The van der Waals surface area contributed by atoms with E-state index in [9.17, 15) is 29.7 Å². The summed E-state index contributed by atoms with van der Waals surface area (Å²) in [6, 6.07) is -0.111. The van der Waals surface area contributed by atoms with E-state index in [1.165, 1.54) is 23.5 Å². The van der Waals surface area contributed by atoms with E-state index in [1.807, 2.05) is 13.0 Å². The smallest absolute Gasteiger partial charge is 0.316 e. The number of hydrogen-bond acceptors (Lipinski definition) is 10. The first-order valence-electron chi connectivity index (χ1n) is 17.8. The van der Waals surface area contributed by atoms with Crippen molar-refractivity contribution >= 4 is 41.2 Å². The highest BCUT2D eigenvalue weighted by Crippen LogP contribution is 2.68. The molecule has 1 amide bonds. The Kier molecular flexibility index (Phi) is 11.6. The minimum atomic E-state index is -0.705. The Morgan fingerprint density at radius 2 is 1.66 bits per heavy atom. The molecule has 5 fully saturated rings. The lowest BCUT2D eigenvalue weighted by atomic mass is 9.44. The first-order valence-corrected chi connectivity index (χ1v) is 19.9. The van der Waals surface area contributed by atoms with Gasteiger partial charge >= 0.3 is 5.97 Å². The fraction of sp³-hybridized carbons (Fsp3) is 0.861. The first-order chi connectivity index (χ1) is 22.1. The van der Waals surface area contributed by atoms with Crippen LogP contribution in [-0.2, 0) is 19.1 Å². The topological polar surface area (TPSA) is 159 Å². The van der Waals surface area contributed by atoms with Crippen molar-refractivity contribution in [2.24, 2.45) is 39.7 Å². The molecule has 6 N–H and O–H groups in total. The zero-order valence-electron chi connectivity index (χ0n) is 28.7. The van der Waals surface area contributed by atoms with Crippen molar-refractivity contribution in [2.45, 2.75) is 145 Å². The number of ketones is 1. The van der Waals surface area contributed by atoms with E-state index >= 15 is 0 Å². The number of esters is 1. The Balaban J connectivity index is 1.17. The van der Waals surface area contributed by atoms with Gasteiger partial charge < -0.3 is 31.1 Å². The Labute approximate surface area is 289 Å². The van der Waals surface area contributed by atoms with Crippen molar-refractivity contribution in [1.29, 1.82) is 0 Å². The molecule has 5 rings (SSSR count). The van der Waals surface area contributed by atoms with Gasteiger partial charge in [0.2, 0.25) is 5.91 Å². The fourth-order valence-electron chi connectivity index (χ4n) is 10.1. The molecule has 266 valence electrons. The standard InChI is InChI=1S/C36H58N2O7S2/c1-6-34(4)17-29(35(5)20(2)11-13-36(21(3)33(34)44)14-12-24(39)32(35)36)45-31(43)19-47-28-10-8-23(16-26(28)41)38-30(42)18-46-27-9-7-22(37)15-25(27)40/h6,20-23,25-29,32-33,40-41,44H,1,7-19,37H2,2-5H3,(H,38,42)/t20-,21+,22-,23-,25-,26-,27-,28-,29-,32+,33+,34-,35+,36+/m1/s1. The molecule has 0 radical (unpaired) electrons. The van der Waals surface area contributed by atoms with Gasteiger partial charge in [0, 0.05) is 45.8 Å². The SMILES string of the molecule is C=C[C@]1(C)C[C@@H](OC(=O)CS[C@@H]2CC[C@@H](NC(=O)CS[C@@H]3CC[C@@H](N)C[C@H]3O)C[C@H]2O)[C@]2(C)[C@H](C)CC[C@]3(CCC(=O)[C@H]32)[C@@H](C)[C@@H]1O. The lowest BCUT2D eigenvalue weighted by Crippen LogP contribution is -2.63. The van der Waals surface area contributed by atoms with Crippen LogP contribution in [-0.4, -0.2) is 91.5 Å². The third-order valence-electron chi connectivity index (χ3n) is 13.3. The molecule has 0 aliphatic heterocycles. The maximum Gasteiger partial charge on any atom is 0.316 e. The van der Waals surface area contributed by atoms with Crippen LogP contribution in [0.25, 0.3) is 0 Å². The zero-order chi connectivity index (χ0) is 34.3. The third-order valence-corrected chi connectivity index (χ3v) is 16.1. The van der Waals surface area contributed by atoms with Crippen molar-refractivity contribution in [3.05, 3.63) is 12.7 Å². The summed E-state index contributed by atoms with van der Waals surface area (Å²) < 4.78 is 6.37. The van der Waals surface area contributed by atoms with Crippen LogP contribution in [0.1, 0.15) is 98.3 Å². The molecule has 2 bridgehead atoms. The largest absolute Gasteiger partial charge is 0.461 e. The molecule has 14 atom stereocenters. The molecule has 9 nitrogen and oxygen atoms in total. The number of Topliss-reactive ketones (excluding diaryl/α,β-unsaturated/α-hetero) is 1. The lowest BCUT2D eigenvalue weighted by molar-refractivity contribution is -0.205. The molecule has 0 saturated heterocycles. The highest BCUT2D eigenvalue weighted by atomic mass is 32.2. The van der Waals surface area contributed by atoms with E-state index in [2.05, 4.69) is 32.7 Å². The summed E-state index contributed by atoms with van der Waals surface area (Å²) >= 11 is 2.87. The number of nitrogens with two attached hydrogens (primary N) is 1. The van der Waals surface area contributed by atoms with Crippen LogP contribution in [0, 0.1) is 34.0 Å². The summed E-state index contributed by atoms with van der Waals surface area (Å²) in [6.45, 7) is 12.5. The molecule has 0 unspecified atom stereocenters. The number of nitrogens with one attached hydrogen (secondary N) is 1. The van der Waals surface area contributed by atoms with Gasteiger partial charge in [-0.3, -0.25) is 14.4 Å². The summed E-state index contributed by atoms with van der Waals surface area (Å²) in [6.07, 6.45) is 6.88. The Bertz CT molecular complexity index is 1190. The van der Waals surface area contributed by atoms with Gasteiger partial charge in [0.15, 0.2) is 0 Å². The third kappa shape index (κ3) is 7.23. The molecule has 47 heavy (non-hydrogen) atoms. The molecular formula is C36H58N2O7S2. The normalized spacial score (nSPS) is 46.9. The van der Waals surface area contributed by atoms with E-state index < -0.39 is 35.2 Å². The predicted octanol–water partition coefficient (Wildman–Crippen LogP) is 4.00. The summed E-state index contributed by atoms with van der Waals surface area (Å²) in [5.41, 5.74) is 4.38. The highest BCUT2D eigenvalue weighted by molar-refractivity contribution is 8.00. The van der Waals surface area contributed by atoms with Gasteiger partial charge in [-0.05, 0) is 81.5 Å². The van der Waals surface area contributed by atoms with Crippen LogP contribution in [0.5, 0.6) is 0 Å². The van der Waals surface area contributed by atoms with E-state index in [1.54, 1.807) is 0 Å². The van der Waals surface area contributed by atoms with Crippen molar-refractivity contribution in [3.63, 3.8) is 0 Å². The molecule has 0 spiro atoms. The minimum Gasteiger partial charge on any atom is -0.461 e. The van der Waals surface area contributed by atoms with Crippen molar-refractivity contribution in [3.8, 4) is 0 Å². The number of rotatable bonds is 9. The van der Waals surface area contributed by atoms with E-state index in [0.717, 1.165) is 32.1 Å². The van der Waals surface area contributed by atoms with E-state index in [4.69, 9.17) is 10.5 Å². The summed E-state index contributed by atoms with van der Waals surface area (Å²) in [5, 5.41) is 35.9.